The largest absolute Gasteiger partial charge is 0.326 e. The average molecular weight is 404 g/mol. The number of hydrogen-bond acceptors (Lipinski definition) is 3. The van der Waals surface area contributed by atoms with E-state index < -0.39 is 11.8 Å². The summed E-state index contributed by atoms with van der Waals surface area (Å²) < 4.78 is 0.769. The van der Waals surface area contributed by atoms with Crippen molar-refractivity contribution in [1.82, 2.24) is 10.9 Å². The van der Waals surface area contributed by atoms with Gasteiger partial charge in [-0.15, -0.1) is 0 Å². The maximum atomic E-state index is 12.1. The molecule has 25 heavy (non-hydrogen) atoms. The maximum absolute atomic E-state index is 12.1. The van der Waals surface area contributed by atoms with Crippen molar-refractivity contribution in [1.29, 1.82) is 0 Å². The molecule has 0 aliphatic heterocycles. The molecule has 0 saturated heterocycles. The number of nitrogens with one attached hydrogen (secondary N) is 3. The lowest BCUT2D eigenvalue weighted by Crippen LogP contribution is -2.41. The topological polar surface area (TPSA) is 87.3 Å². The van der Waals surface area contributed by atoms with Crippen LogP contribution in [0.25, 0.3) is 0 Å². The van der Waals surface area contributed by atoms with Gasteiger partial charge in [-0.3, -0.25) is 25.2 Å². The molecule has 0 spiro atoms. The second-order valence-electron chi connectivity index (χ2n) is 5.64. The van der Waals surface area contributed by atoms with Gasteiger partial charge < -0.3 is 5.32 Å². The van der Waals surface area contributed by atoms with Crippen molar-refractivity contribution in [3.8, 4) is 0 Å². The molecule has 2 rings (SSSR count). The van der Waals surface area contributed by atoms with E-state index in [1.165, 1.54) is 0 Å². The molecule has 3 amide bonds. The molecular weight excluding hydrogens is 386 g/mol. The van der Waals surface area contributed by atoms with Crippen LogP contribution in [0.3, 0.4) is 0 Å². The normalized spacial score (nSPS) is 10.2. The van der Waals surface area contributed by atoms with Gasteiger partial charge in [0.25, 0.3) is 11.8 Å². The predicted octanol–water partition coefficient (Wildman–Crippen LogP) is 3.12. The molecule has 0 bridgehead atoms. The van der Waals surface area contributed by atoms with Crippen molar-refractivity contribution in [3.05, 3.63) is 64.1 Å². The van der Waals surface area contributed by atoms with Crippen LogP contribution in [-0.2, 0) is 4.79 Å². The minimum Gasteiger partial charge on any atom is -0.326 e. The van der Waals surface area contributed by atoms with E-state index >= 15 is 0 Å². The van der Waals surface area contributed by atoms with Gasteiger partial charge in [0.1, 0.15) is 0 Å². The summed E-state index contributed by atoms with van der Waals surface area (Å²) in [6, 6.07) is 13.2. The van der Waals surface area contributed by atoms with E-state index in [9.17, 15) is 14.4 Å². The summed E-state index contributed by atoms with van der Waals surface area (Å²) in [5, 5.41) is 2.74. The number of halogens is 1. The monoisotopic (exact) mass is 403 g/mol. The average Bonchev–Trinajstić information content (AvgIpc) is 2.59. The van der Waals surface area contributed by atoms with Crippen LogP contribution in [-0.4, -0.2) is 17.7 Å². The van der Waals surface area contributed by atoms with Gasteiger partial charge in [-0.1, -0.05) is 35.8 Å². The fourth-order valence-corrected chi connectivity index (χ4v) is 2.28. The number of carbonyl (C=O) groups excluding carboxylic acids is 3. The summed E-state index contributed by atoms with van der Waals surface area (Å²) in [4.78, 5) is 35.7. The van der Waals surface area contributed by atoms with E-state index in [-0.39, 0.29) is 11.8 Å². The highest BCUT2D eigenvalue weighted by molar-refractivity contribution is 9.10. The predicted molar refractivity (Wildman–Crippen MR) is 99.0 cm³/mol. The van der Waals surface area contributed by atoms with Crippen LogP contribution in [0, 0.1) is 5.92 Å². The minimum atomic E-state index is -0.454. The van der Waals surface area contributed by atoms with E-state index in [1.54, 1.807) is 62.4 Å². The molecule has 130 valence electrons. The SMILES string of the molecule is CC(C)C(=O)Nc1ccc(C(=O)NNC(=O)c2cccc(Br)c2)cc1. The second kappa shape index (κ2) is 8.43. The number of rotatable bonds is 4. The van der Waals surface area contributed by atoms with Gasteiger partial charge in [0, 0.05) is 27.2 Å². The molecule has 0 atom stereocenters. The van der Waals surface area contributed by atoms with Gasteiger partial charge in [0.05, 0.1) is 0 Å². The number of carbonyl (C=O) groups is 3. The first-order chi connectivity index (χ1) is 11.9. The molecule has 0 fully saturated rings. The molecule has 0 unspecified atom stereocenters. The smallest absolute Gasteiger partial charge is 0.269 e. The number of benzene rings is 2. The third-order valence-corrected chi connectivity index (χ3v) is 3.81. The number of hydrazine groups is 1. The molecule has 7 heteroatoms. The summed E-state index contributed by atoms with van der Waals surface area (Å²) in [7, 11) is 0. The Morgan fingerprint density at radius 3 is 2.04 bits per heavy atom. The lowest BCUT2D eigenvalue weighted by atomic mass is 10.1. The van der Waals surface area contributed by atoms with Crippen LogP contribution >= 0.6 is 15.9 Å². The summed E-state index contributed by atoms with van der Waals surface area (Å²) in [5.41, 5.74) is 6.09. The molecule has 0 heterocycles. The summed E-state index contributed by atoms with van der Waals surface area (Å²) in [6.45, 7) is 3.59. The van der Waals surface area contributed by atoms with Gasteiger partial charge in [-0.2, -0.15) is 0 Å². The van der Waals surface area contributed by atoms with Crippen molar-refractivity contribution < 1.29 is 14.4 Å². The van der Waals surface area contributed by atoms with Gasteiger partial charge in [-0.05, 0) is 42.5 Å². The lowest BCUT2D eigenvalue weighted by molar-refractivity contribution is -0.118. The Kier molecular flexibility index (Phi) is 6.30. The van der Waals surface area contributed by atoms with Crippen LogP contribution in [0.5, 0.6) is 0 Å². The summed E-state index contributed by atoms with van der Waals surface area (Å²) in [5.74, 6) is -1.10. The van der Waals surface area contributed by atoms with Gasteiger partial charge in [-0.25, -0.2) is 0 Å². The summed E-state index contributed by atoms with van der Waals surface area (Å²) in [6.07, 6.45) is 0. The summed E-state index contributed by atoms with van der Waals surface area (Å²) >= 11 is 3.28. The zero-order chi connectivity index (χ0) is 18.4. The van der Waals surface area contributed by atoms with E-state index in [0.717, 1.165) is 4.47 Å². The Hall–Kier alpha value is -2.67. The van der Waals surface area contributed by atoms with E-state index in [0.29, 0.717) is 16.8 Å². The molecule has 2 aromatic rings. The van der Waals surface area contributed by atoms with Crippen molar-refractivity contribution >= 4 is 39.3 Å². The number of hydrogen-bond donors (Lipinski definition) is 3. The third-order valence-electron chi connectivity index (χ3n) is 3.32. The Labute approximate surface area is 154 Å². The van der Waals surface area contributed by atoms with Crippen LogP contribution in [0.2, 0.25) is 0 Å². The molecule has 6 nitrogen and oxygen atoms in total. The highest BCUT2D eigenvalue weighted by atomic mass is 79.9. The molecule has 0 aromatic heterocycles. The molecule has 0 aliphatic carbocycles. The zero-order valence-corrected chi connectivity index (χ0v) is 15.4. The standard InChI is InChI=1S/C18H18BrN3O3/c1-11(2)16(23)20-15-8-6-12(7-9-15)17(24)21-22-18(25)13-4-3-5-14(19)10-13/h3-11H,1-2H3,(H,20,23)(H,21,24)(H,22,25). The highest BCUT2D eigenvalue weighted by Crippen LogP contribution is 2.12. The first-order valence-electron chi connectivity index (χ1n) is 7.64. The van der Waals surface area contributed by atoms with Gasteiger partial charge >= 0.3 is 0 Å². The van der Waals surface area contributed by atoms with Gasteiger partial charge in [0.2, 0.25) is 5.91 Å². The third kappa shape index (κ3) is 5.42. The molecule has 3 N–H and O–H groups in total. The molecule has 0 radical (unpaired) electrons. The molecular formula is C18H18BrN3O3. The quantitative estimate of drug-likeness (QED) is 0.685. The van der Waals surface area contributed by atoms with Crippen LogP contribution < -0.4 is 16.2 Å². The van der Waals surface area contributed by atoms with Crippen molar-refractivity contribution in [2.75, 3.05) is 5.32 Å². The minimum absolute atomic E-state index is 0.0986. The molecule has 0 saturated carbocycles. The van der Waals surface area contributed by atoms with E-state index in [4.69, 9.17) is 0 Å². The first-order valence-corrected chi connectivity index (χ1v) is 8.43. The number of anilines is 1. The highest BCUT2D eigenvalue weighted by Gasteiger charge is 2.11. The van der Waals surface area contributed by atoms with Crippen LogP contribution in [0.4, 0.5) is 5.69 Å². The maximum Gasteiger partial charge on any atom is 0.269 e. The van der Waals surface area contributed by atoms with Crippen molar-refractivity contribution in [2.45, 2.75) is 13.8 Å². The molecule has 2 aromatic carbocycles. The van der Waals surface area contributed by atoms with Crippen LogP contribution in [0.15, 0.2) is 53.0 Å². The Morgan fingerprint density at radius 1 is 0.880 bits per heavy atom. The Bertz CT molecular complexity index is 788. The van der Waals surface area contributed by atoms with E-state index in [1.807, 2.05) is 0 Å². The Morgan fingerprint density at radius 2 is 1.48 bits per heavy atom. The van der Waals surface area contributed by atoms with Gasteiger partial charge in [0.15, 0.2) is 0 Å². The van der Waals surface area contributed by atoms with E-state index in [2.05, 4.69) is 32.1 Å². The number of amides is 3. The molecule has 0 aliphatic rings. The zero-order valence-electron chi connectivity index (χ0n) is 13.8. The first kappa shape index (κ1) is 18.7. The fraction of sp³-hybridized carbons (Fsp3) is 0.167. The van der Waals surface area contributed by atoms with Crippen molar-refractivity contribution in [3.63, 3.8) is 0 Å². The lowest BCUT2D eigenvalue weighted by Gasteiger charge is -2.10. The Balaban J connectivity index is 1.92. The second-order valence-corrected chi connectivity index (χ2v) is 6.56. The van der Waals surface area contributed by atoms with Crippen LogP contribution in [0.1, 0.15) is 34.6 Å². The van der Waals surface area contributed by atoms with Crippen molar-refractivity contribution in [2.24, 2.45) is 5.92 Å². The fourth-order valence-electron chi connectivity index (χ4n) is 1.88.